The van der Waals surface area contributed by atoms with Gasteiger partial charge in [0.05, 0.1) is 16.9 Å². The predicted molar refractivity (Wildman–Crippen MR) is 82.5 cm³/mol. The van der Waals surface area contributed by atoms with Crippen molar-refractivity contribution >= 4 is 11.5 Å². The zero-order valence-electron chi connectivity index (χ0n) is 13.3. The smallest absolute Gasteiger partial charge is 0.269 e. The molecule has 0 spiro atoms. The Hall–Kier alpha value is -1.79. The number of piperidine rings is 1. The van der Waals surface area contributed by atoms with Crippen LogP contribution in [0.3, 0.4) is 0 Å². The van der Waals surface area contributed by atoms with E-state index in [0.717, 1.165) is 0 Å². The van der Waals surface area contributed by atoms with Gasteiger partial charge in [0.1, 0.15) is 5.78 Å². The highest BCUT2D eigenvalue weighted by molar-refractivity contribution is 5.85. The second kappa shape index (κ2) is 5.44. The number of rotatable bonds is 3. The summed E-state index contributed by atoms with van der Waals surface area (Å²) in [4.78, 5) is 22.9. The van der Waals surface area contributed by atoms with Crippen molar-refractivity contribution in [2.45, 2.75) is 51.3 Å². The minimum Gasteiger partial charge on any atom is -0.388 e. The lowest BCUT2D eigenvalue weighted by Crippen LogP contribution is -2.64. The molecule has 0 amide bonds. The van der Waals surface area contributed by atoms with E-state index in [-0.39, 0.29) is 17.0 Å². The van der Waals surface area contributed by atoms with Gasteiger partial charge in [-0.25, -0.2) is 0 Å². The first-order valence-corrected chi connectivity index (χ1v) is 7.28. The van der Waals surface area contributed by atoms with Gasteiger partial charge >= 0.3 is 0 Å². The Morgan fingerprint density at radius 3 is 2.55 bits per heavy atom. The van der Waals surface area contributed by atoms with E-state index < -0.39 is 22.5 Å². The molecule has 1 saturated heterocycles. The number of Topliss-reactive ketones (excluding diaryl/α,β-unsaturated/α-hetero) is 1. The topological polar surface area (TPSA) is 92.5 Å². The molecule has 0 aliphatic carbocycles. The van der Waals surface area contributed by atoms with Gasteiger partial charge in [0, 0.05) is 29.6 Å². The Morgan fingerprint density at radius 2 is 2.00 bits per heavy atom. The molecule has 2 atom stereocenters. The Balaban J connectivity index is 2.36. The summed E-state index contributed by atoms with van der Waals surface area (Å²) >= 11 is 0. The molecule has 6 nitrogen and oxygen atoms in total. The van der Waals surface area contributed by atoms with Crippen molar-refractivity contribution in [3.63, 3.8) is 0 Å². The number of benzene rings is 1. The van der Waals surface area contributed by atoms with Crippen LogP contribution in [0.25, 0.3) is 0 Å². The van der Waals surface area contributed by atoms with Gasteiger partial charge in [0.2, 0.25) is 0 Å². The van der Waals surface area contributed by atoms with Crippen LogP contribution in [0.1, 0.15) is 45.8 Å². The number of nitrogens with one attached hydrogen (secondary N) is 1. The summed E-state index contributed by atoms with van der Waals surface area (Å²) in [5.41, 5.74) is -0.643. The fraction of sp³-hybridized carbons (Fsp3) is 0.562. The highest BCUT2D eigenvalue weighted by Gasteiger charge is 2.48. The number of carbonyl (C=O) groups is 1. The molecule has 22 heavy (non-hydrogen) atoms. The monoisotopic (exact) mass is 306 g/mol. The number of non-ortho nitro benzene ring substituents is 1. The molecule has 6 heteroatoms. The maximum Gasteiger partial charge on any atom is 0.269 e. The zero-order chi connectivity index (χ0) is 16.7. The maximum atomic E-state index is 12.5. The molecular weight excluding hydrogens is 284 g/mol. The van der Waals surface area contributed by atoms with E-state index in [4.69, 9.17) is 0 Å². The molecule has 2 rings (SSSR count). The Kier molecular flexibility index (Phi) is 4.10. The molecule has 1 aromatic carbocycles. The summed E-state index contributed by atoms with van der Waals surface area (Å²) in [7, 11) is 0. The minimum absolute atomic E-state index is 0.0345. The summed E-state index contributed by atoms with van der Waals surface area (Å²) in [5, 5.41) is 24.9. The van der Waals surface area contributed by atoms with Crippen molar-refractivity contribution in [2.75, 3.05) is 0 Å². The Labute approximate surface area is 129 Å². The molecule has 0 saturated carbocycles. The van der Waals surface area contributed by atoms with Crippen molar-refractivity contribution in [3.8, 4) is 0 Å². The number of nitrogens with zero attached hydrogens (tertiary/aromatic N) is 1. The van der Waals surface area contributed by atoms with Crippen molar-refractivity contribution < 1.29 is 14.8 Å². The van der Waals surface area contributed by atoms with Gasteiger partial charge in [0.25, 0.3) is 5.69 Å². The molecule has 1 aromatic rings. The Bertz CT molecular complexity index is 610. The van der Waals surface area contributed by atoms with Gasteiger partial charge in [0.15, 0.2) is 0 Å². The van der Waals surface area contributed by atoms with Crippen molar-refractivity contribution in [2.24, 2.45) is 5.92 Å². The third kappa shape index (κ3) is 3.18. The van der Waals surface area contributed by atoms with Crippen LogP contribution in [0.2, 0.25) is 0 Å². The highest BCUT2D eigenvalue weighted by atomic mass is 16.6. The van der Waals surface area contributed by atoms with Gasteiger partial charge in [-0.1, -0.05) is 12.1 Å². The summed E-state index contributed by atoms with van der Waals surface area (Å²) in [6, 6.07) is 5.83. The Morgan fingerprint density at radius 1 is 1.36 bits per heavy atom. The van der Waals surface area contributed by atoms with Crippen LogP contribution in [0.15, 0.2) is 24.3 Å². The van der Waals surface area contributed by atoms with Crippen LogP contribution in [0, 0.1) is 16.0 Å². The number of nitro groups is 1. The van der Waals surface area contributed by atoms with Crippen molar-refractivity contribution in [1.82, 2.24) is 5.32 Å². The highest BCUT2D eigenvalue weighted by Crippen LogP contribution is 2.39. The second-order valence-corrected chi connectivity index (χ2v) is 7.15. The molecule has 1 aliphatic heterocycles. The molecule has 1 heterocycles. The van der Waals surface area contributed by atoms with E-state index in [2.05, 4.69) is 5.32 Å². The number of hydrogen-bond donors (Lipinski definition) is 2. The normalized spacial score (nSPS) is 24.8. The van der Waals surface area contributed by atoms with Crippen LogP contribution in [0.5, 0.6) is 0 Å². The lowest BCUT2D eigenvalue weighted by molar-refractivity contribution is -0.385. The molecule has 0 unspecified atom stereocenters. The summed E-state index contributed by atoms with van der Waals surface area (Å²) in [6.45, 7) is 7.64. The van der Waals surface area contributed by atoms with Gasteiger partial charge in [-0.05, 0) is 33.3 Å². The molecule has 0 aromatic heterocycles. The third-order valence-electron chi connectivity index (χ3n) is 4.14. The number of ketones is 1. The van der Waals surface area contributed by atoms with E-state index in [1.807, 2.05) is 27.7 Å². The van der Waals surface area contributed by atoms with E-state index in [1.54, 1.807) is 6.07 Å². The average molecular weight is 306 g/mol. The largest absolute Gasteiger partial charge is 0.388 e. The molecule has 0 radical (unpaired) electrons. The van der Waals surface area contributed by atoms with Gasteiger partial charge in [-0.2, -0.15) is 0 Å². The van der Waals surface area contributed by atoms with Crippen LogP contribution in [0.4, 0.5) is 5.69 Å². The lowest BCUT2D eigenvalue weighted by Gasteiger charge is -2.48. The number of aliphatic hydroxyl groups is 1. The number of aliphatic hydroxyl groups excluding tert-OH is 1. The first-order valence-electron chi connectivity index (χ1n) is 7.28. The van der Waals surface area contributed by atoms with Gasteiger partial charge < -0.3 is 10.4 Å². The number of nitro benzene ring substituents is 1. The molecule has 1 fully saturated rings. The van der Waals surface area contributed by atoms with Crippen molar-refractivity contribution in [1.29, 1.82) is 0 Å². The van der Waals surface area contributed by atoms with Crippen molar-refractivity contribution in [3.05, 3.63) is 39.9 Å². The van der Waals surface area contributed by atoms with E-state index in [1.165, 1.54) is 18.2 Å². The van der Waals surface area contributed by atoms with Crippen LogP contribution in [-0.4, -0.2) is 26.9 Å². The molecule has 2 N–H and O–H groups in total. The lowest BCUT2D eigenvalue weighted by atomic mass is 9.70. The first kappa shape index (κ1) is 16.6. The second-order valence-electron chi connectivity index (χ2n) is 7.15. The van der Waals surface area contributed by atoms with Gasteiger partial charge in [-0.3, -0.25) is 14.9 Å². The third-order valence-corrected chi connectivity index (χ3v) is 4.14. The fourth-order valence-corrected chi connectivity index (χ4v) is 3.53. The summed E-state index contributed by atoms with van der Waals surface area (Å²) < 4.78 is 0. The first-order chi connectivity index (χ1) is 10.0. The molecule has 120 valence electrons. The number of carbonyl (C=O) groups excluding carboxylic acids is 1. The van der Waals surface area contributed by atoms with Crippen LogP contribution >= 0.6 is 0 Å². The fourth-order valence-electron chi connectivity index (χ4n) is 3.53. The molecule has 0 bridgehead atoms. The maximum absolute atomic E-state index is 12.5. The minimum atomic E-state index is -1.08. The molecular formula is C16H22N2O4. The van der Waals surface area contributed by atoms with Crippen LogP contribution < -0.4 is 5.32 Å². The summed E-state index contributed by atoms with van der Waals surface area (Å²) in [5.74, 6) is -0.685. The van der Waals surface area contributed by atoms with Crippen LogP contribution in [-0.2, 0) is 4.79 Å². The van der Waals surface area contributed by atoms with Gasteiger partial charge in [-0.15, -0.1) is 0 Å². The van der Waals surface area contributed by atoms with E-state index >= 15 is 0 Å². The predicted octanol–water partition coefficient (Wildman–Crippen LogP) is 2.36. The quantitative estimate of drug-likeness (QED) is 0.660. The molecule has 1 aliphatic rings. The zero-order valence-corrected chi connectivity index (χ0v) is 13.3. The summed E-state index contributed by atoms with van der Waals surface area (Å²) in [6.07, 6.45) is -0.765. The standard InChI is InChI=1S/C16H22N2O4/c1-15(2)9-12(19)13(16(3,4)17-15)14(20)10-6-5-7-11(8-10)18(21)22/h5-8,13-14,17,20H,9H2,1-4H3/t13-,14+/m0/s1. The van der Waals surface area contributed by atoms with E-state index in [0.29, 0.717) is 12.0 Å². The number of hydrogen-bond acceptors (Lipinski definition) is 5. The SMILES string of the molecule is CC1(C)CC(=O)[C@@H]([C@H](O)c2cccc([N+](=O)[O-])c2)C(C)(C)N1. The average Bonchev–Trinajstić information content (AvgIpc) is 2.35. The van der Waals surface area contributed by atoms with E-state index in [9.17, 15) is 20.0 Å².